The molecule has 1 amide bonds. The van der Waals surface area contributed by atoms with Crippen LogP contribution in [0.1, 0.15) is 21.5 Å². The van der Waals surface area contributed by atoms with Crippen molar-refractivity contribution in [3.8, 4) is 11.5 Å². The number of rotatable bonds is 5. The summed E-state index contributed by atoms with van der Waals surface area (Å²) in [7, 11) is 0. The molecule has 2 aliphatic rings. The summed E-state index contributed by atoms with van der Waals surface area (Å²) in [6.07, 6.45) is 0. The highest BCUT2D eigenvalue weighted by Gasteiger charge is 2.25. The van der Waals surface area contributed by atoms with Crippen LogP contribution >= 0.6 is 28.1 Å². The predicted octanol–water partition coefficient (Wildman–Crippen LogP) is 3.14. The van der Waals surface area contributed by atoms with Crippen LogP contribution < -0.4 is 19.9 Å². The number of amides is 1. The van der Waals surface area contributed by atoms with E-state index in [9.17, 15) is 9.59 Å². The van der Waals surface area contributed by atoms with Gasteiger partial charge in [0.05, 0.1) is 43.6 Å². The second kappa shape index (κ2) is 10.4. The van der Waals surface area contributed by atoms with Crippen molar-refractivity contribution in [3.63, 3.8) is 0 Å². The largest absolute Gasteiger partial charge is 0.454 e. The maximum absolute atomic E-state index is 13.2. The van der Waals surface area contributed by atoms with E-state index in [4.69, 9.17) is 21.7 Å². The van der Waals surface area contributed by atoms with Gasteiger partial charge in [0.1, 0.15) is 6.54 Å². The second-order valence-electron chi connectivity index (χ2n) is 9.61. The SMILES string of the molecule is O=C(c1ccc(Cn2c(=S)[nH]c3ccc(Br)cc3c2=O)cc1)N1CC[NH+](Cc2ccc3c(c2)OCO3)CC1. The molecule has 8 nitrogen and oxygen atoms in total. The van der Waals surface area contributed by atoms with Crippen LogP contribution in [0.5, 0.6) is 11.5 Å². The first-order chi connectivity index (χ1) is 18.4. The van der Waals surface area contributed by atoms with Gasteiger partial charge in [-0.15, -0.1) is 0 Å². The number of carbonyl (C=O) groups is 1. The smallest absolute Gasteiger partial charge is 0.262 e. The van der Waals surface area contributed by atoms with Crippen LogP contribution in [0, 0.1) is 4.77 Å². The summed E-state index contributed by atoms with van der Waals surface area (Å²) in [6.45, 7) is 4.68. The molecule has 0 radical (unpaired) electrons. The molecule has 0 saturated carbocycles. The average molecular weight is 595 g/mol. The molecule has 6 rings (SSSR count). The van der Waals surface area contributed by atoms with E-state index in [0.29, 0.717) is 40.9 Å². The normalized spacial score (nSPS) is 15.2. The Balaban J connectivity index is 1.09. The number of aromatic nitrogens is 2. The summed E-state index contributed by atoms with van der Waals surface area (Å²) in [6, 6.07) is 19.0. The molecule has 3 heterocycles. The predicted molar refractivity (Wildman–Crippen MR) is 150 cm³/mol. The number of H-pyrrole nitrogens is 1. The van der Waals surface area contributed by atoms with E-state index in [1.807, 2.05) is 53.4 Å². The van der Waals surface area contributed by atoms with E-state index in [1.165, 1.54) is 10.5 Å². The molecule has 0 spiro atoms. The molecular formula is C28H26BrN4O4S+. The van der Waals surface area contributed by atoms with Crippen LogP contribution in [-0.4, -0.2) is 53.3 Å². The molecule has 1 aromatic heterocycles. The third-order valence-corrected chi connectivity index (χ3v) is 7.95. The maximum Gasteiger partial charge on any atom is 0.262 e. The van der Waals surface area contributed by atoms with Crippen molar-refractivity contribution in [3.05, 3.63) is 97.0 Å². The van der Waals surface area contributed by atoms with Crippen LogP contribution in [0.25, 0.3) is 10.9 Å². The number of carbonyl (C=O) groups excluding carboxylic acids is 1. The van der Waals surface area contributed by atoms with E-state index in [0.717, 1.165) is 41.2 Å². The lowest BCUT2D eigenvalue weighted by Gasteiger charge is -2.32. The Morgan fingerprint density at radius 1 is 0.974 bits per heavy atom. The molecule has 38 heavy (non-hydrogen) atoms. The molecule has 1 saturated heterocycles. The number of piperazine rings is 1. The minimum atomic E-state index is -0.147. The Bertz CT molecular complexity index is 1640. The van der Waals surface area contributed by atoms with Gasteiger partial charge in [-0.25, -0.2) is 0 Å². The molecule has 10 heteroatoms. The molecule has 0 bridgehead atoms. The highest BCUT2D eigenvalue weighted by atomic mass is 79.9. The minimum absolute atomic E-state index is 0.0312. The molecule has 0 unspecified atom stereocenters. The number of fused-ring (bicyclic) bond motifs is 2. The van der Waals surface area contributed by atoms with Gasteiger partial charge in [0.15, 0.2) is 16.3 Å². The third kappa shape index (κ3) is 4.99. The standard InChI is InChI=1S/C28H25BrN4O4S/c29-21-6-7-23-22(14-21)27(35)33(28(38)30-23)16-18-1-4-20(5-2-18)26(34)32-11-9-31(10-12-32)15-19-3-8-24-25(13-19)37-17-36-24/h1-8,13-14H,9-12,15-17H2,(H,30,38)/p+1. The number of benzene rings is 3. The fourth-order valence-electron chi connectivity index (χ4n) is 5.03. The zero-order valence-corrected chi connectivity index (χ0v) is 22.9. The summed E-state index contributed by atoms with van der Waals surface area (Å²) in [5.41, 5.74) is 3.31. The van der Waals surface area contributed by atoms with Crippen LogP contribution in [0.2, 0.25) is 0 Å². The maximum atomic E-state index is 13.2. The number of halogens is 1. The van der Waals surface area contributed by atoms with E-state index in [2.05, 4.69) is 27.0 Å². The lowest BCUT2D eigenvalue weighted by Crippen LogP contribution is -3.13. The second-order valence-corrected chi connectivity index (χ2v) is 10.9. The summed E-state index contributed by atoms with van der Waals surface area (Å²) < 4.78 is 13.6. The van der Waals surface area contributed by atoms with Crippen molar-refractivity contribution in [2.75, 3.05) is 33.0 Å². The van der Waals surface area contributed by atoms with Gasteiger partial charge < -0.3 is 24.3 Å². The molecule has 2 aliphatic heterocycles. The summed E-state index contributed by atoms with van der Waals surface area (Å²) in [4.78, 5) is 32.7. The highest BCUT2D eigenvalue weighted by Crippen LogP contribution is 2.32. The Kier molecular flexibility index (Phi) is 6.77. The van der Waals surface area contributed by atoms with Crippen LogP contribution in [0.4, 0.5) is 0 Å². The van der Waals surface area contributed by atoms with Crippen molar-refractivity contribution in [1.29, 1.82) is 0 Å². The van der Waals surface area contributed by atoms with E-state index >= 15 is 0 Å². The Morgan fingerprint density at radius 2 is 1.71 bits per heavy atom. The monoisotopic (exact) mass is 593 g/mol. The summed E-state index contributed by atoms with van der Waals surface area (Å²) in [5.74, 6) is 1.63. The molecule has 3 aromatic carbocycles. The highest BCUT2D eigenvalue weighted by molar-refractivity contribution is 9.10. The van der Waals surface area contributed by atoms with E-state index in [-0.39, 0.29) is 18.3 Å². The number of aromatic amines is 1. The third-order valence-electron chi connectivity index (χ3n) is 7.13. The van der Waals surface area contributed by atoms with Gasteiger partial charge in [-0.1, -0.05) is 28.1 Å². The number of nitrogens with zero attached hydrogens (tertiary/aromatic N) is 2. The first kappa shape index (κ1) is 24.8. The molecular weight excluding hydrogens is 568 g/mol. The molecule has 2 N–H and O–H groups in total. The number of quaternary nitrogens is 1. The Hall–Kier alpha value is -3.47. The fraction of sp³-hybridized carbons (Fsp3) is 0.250. The zero-order chi connectivity index (χ0) is 26.2. The van der Waals surface area contributed by atoms with E-state index < -0.39 is 0 Å². The molecule has 194 valence electrons. The van der Waals surface area contributed by atoms with Crippen molar-refractivity contribution in [2.24, 2.45) is 0 Å². The fourth-order valence-corrected chi connectivity index (χ4v) is 5.65. The minimum Gasteiger partial charge on any atom is -0.454 e. The summed E-state index contributed by atoms with van der Waals surface area (Å²) in [5, 5.41) is 0.569. The summed E-state index contributed by atoms with van der Waals surface area (Å²) >= 11 is 8.87. The van der Waals surface area contributed by atoms with E-state index in [1.54, 1.807) is 10.6 Å². The zero-order valence-electron chi connectivity index (χ0n) is 20.5. The van der Waals surface area contributed by atoms with Gasteiger partial charge in [-0.05, 0) is 66.3 Å². The van der Waals surface area contributed by atoms with Gasteiger partial charge >= 0.3 is 0 Å². The van der Waals surface area contributed by atoms with Crippen LogP contribution in [0.15, 0.2) is 69.9 Å². The van der Waals surface area contributed by atoms with Gasteiger partial charge in [0, 0.05) is 15.6 Å². The van der Waals surface area contributed by atoms with Crippen molar-refractivity contribution in [1.82, 2.24) is 14.5 Å². The number of hydrogen-bond acceptors (Lipinski definition) is 5. The van der Waals surface area contributed by atoms with Gasteiger partial charge in [-0.3, -0.25) is 14.2 Å². The van der Waals surface area contributed by atoms with Crippen molar-refractivity contribution < 1.29 is 19.2 Å². The lowest BCUT2D eigenvalue weighted by atomic mass is 10.1. The number of nitrogens with one attached hydrogen (secondary N) is 2. The van der Waals surface area contributed by atoms with Crippen molar-refractivity contribution in [2.45, 2.75) is 13.1 Å². The average Bonchev–Trinajstić information content (AvgIpc) is 3.40. The first-order valence-corrected chi connectivity index (χ1v) is 13.7. The van der Waals surface area contributed by atoms with Gasteiger partial charge in [0.2, 0.25) is 6.79 Å². The molecule has 0 atom stereocenters. The molecule has 4 aromatic rings. The Morgan fingerprint density at radius 3 is 2.50 bits per heavy atom. The van der Waals surface area contributed by atoms with Gasteiger partial charge in [0.25, 0.3) is 11.5 Å². The van der Waals surface area contributed by atoms with Crippen molar-refractivity contribution >= 4 is 45.0 Å². The molecule has 0 aliphatic carbocycles. The topological polar surface area (TPSA) is 81.0 Å². The number of hydrogen-bond donors (Lipinski definition) is 2. The molecule has 1 fully saturated rings. The Labute approximate surface area is 232 Å². The first-order valence-electron chi connectivity index (χ1n) is 12.5. The number of ether oxygens (including phenoxy) is 2. The van der Waals surface area contributed by atoms with Gasteiger partial charge in [-0.2, -0.15) is 0 Å². The lowest BCUT2D eigenvalue weighted by molar-refractivity contribution is -0.917. The van der Waals surface area contributed by atoms with Crippen LogP contribution in [0.3, 0.4) is 0 Å². The van der Waals surface area contributed by atoms with Crippen LogP contribution in [-0.2, 0) is 13.1 Å². The quantitative estimate of drug-likeness (QED) is 0.348.